The molecule has 0 saturated heterocycles. The highest BCUT2D eigenvalue weighted by Crippen LogP contribution is 2.30. The van der Waals surface area contributed by atoms with Crippen molar-refractivity contribution in [2.24, 2.45) is 0 Å². The Balaban J connectivity index is 2.39. The van der Waals surface area contributed by atoms with Gasteiger partial charge in [-0.3, -0.25) is 4.79 Å². The molecule has 1 N–H and O–H groups in total. The van der Waals surface area contributed by atoms with Gasteiger partial charge in [0.2, 0.25) is 0 Å². The highest BCUT2D eigenvalue weighted by Gasteiger charge is 2.15. The minimum Gasteiger partial charge on any atom is -0.496 e. The fraction of sp³-hybridized carbons (Fsp3) is 0.316. The molecule has 0 bridgehead atoms. The molecule has 0 unspecified atom stereocenters. The van der Waals surface area contributed by atoms with Gasteiger partial charge in [-0.1, -0.05) is 17.7 Å². The summed E-state index contributed by atoms with van der Waals surface area (Å²) in [4.78, 5) is 12.6. The predicted molar refractivity (Wildman–Crippen MR) is 92.9 cm³/mol. The molecule has 23 heavy (non-hydrogen) atoms. The summed E-state index contributed by atoms with van der Waals surface area (Å²) < 4.78 is 10.7. The summed E-state index contributed by atoms with van der Waals surface area (Å²) in [5, 5.41) is 2.99. The molecule has 2 rings (SSSR count). The molecular formula is C19H23NO3. The molecule has 0 fully saturated rings. The summed E-state index contributed by atoms with van der Waals surface area (Å²) in [5.74, 6) is 1.08. The van der Waals surface area contributed by atoms with Gasteiger partial charge in [0.25, 0.3) is 5.91 Å². The summed E-state index contributed by atoms with van der Waals surface area (Å²) in [6.45, 7) is 7.92. The molecular weight excluding hydrogens is 290 g/mol. The van der Waals surface area contributed by atoms with E-state index in [1.54, 1.807) is 26.4 Å². The van der Waals surface area contributed by atoms with Gasteiger partial charge in [0.15, 0.2) is 0 Å². The second-order valence-corrected chi connectivity index (χ2v) is 5.73. The number of benzene rings is 2. The Kier molecular flexibility index (Phi) is 4.94. The van der Waals surface area contributed by atoms with Crippen LogP contribution in [0.3, 0.4) is 0 Å². The van der Waals surface area contributed by atoms with Crippen LogP contribution in [-0.4, -0.2) is 20.1 Å². The summed E-state index contributed by atoms with van der Waals surface area (Å²) >= 11 is 0. The Hall–Kier alpha value is -2.49. The van der Waals surface area contributed by atoms with Crippen LogP contribution in [0.2, 0.25) is 0 Å². The molecule has 0 spiro atoms. The second-order valence-electron chi connectivity index (χ2n) is 5.73. The van der Waals surface area contributed by atoms with Crippen molar-refractivity contribution >= 4 is 11.6 Å². The molecule has 2 aromatic carbocycles. The fourth-order valence-electron chi connectivity index (χ4n) is 2.78. The first-order chi connectivity index (χ1) is 10.9. The van der Waals surface area contributed by atoms with Crippen LogP contribution in [0.4, 0.5) is 5.69 Å². The monoisotopic (exact) mass is 313 g/mol. The number of amides is 1. The Morgan fingerprint density at radius 2 is 1.35 bits per heavy atom. The van der Waals surface area contributed by atoms with Gasteiger partial charge in [0.05, 0.1) is 14.2 Å². The zero-order chi connectivity index (χ0) is 17.1. The van der Waals surface area contributed by atoms with E-state index < -0.39 is 0 Å². The van der Waals surface area contributed by atoms with Gasteiger partial charge >= 0.3 is 0 Å². The van der Waals surface area contributed by atoms with E-state index >= 15 is 0 Å². The topological polar surface area (TPSA) is 47.6 Å². The molecule has 122 valence electrons. The third-order valence-electron chi connectivity index (χ3n) is 3.93. The highest BCUT2D eigenvalue weighted by molar-refractivity contribution is 6.05. The average Bonchev–Trinajstić information content (AvgIpc) is 2.50. The number of nitrogens with one attached hydrogen (secondary N) is 1. The smallest absolute Gasteiger partial charge is 0.255 e. The molecule has 0 aliphatic heterocycles. The van der Waals surface area contributed by atoms with Crippen molar-refractivity contribution in [3.05, 3.63) is 52.1 Å². The lowest BCUT2D eigenvalue weighted by Crippen LogP contribution is -2.14. The van der Waals surface area contributed by atoms with Gasteiger partial charge < -0.3 is 14.8 Å². The third kappa shape index (κ3) is 3.47. The van der Waals surface area contributed by atoms with E-state index in [9.17, 15) is 4.79 Å². The number of hydrogen-bond donors (Lipinski definition) is 1. The molecule has 0 radical (unpaired) electrons. The van der Waals surface area contributed by atoms with Gasteiger partial charge in [-0.05, 0) is 51.0 Å². The maximum atomic E-state index is 12.6. The molecule has 1 amide bonds. The number of aryl methyl sites for hydroxylation is 3. The minimum absolute atomic E-state index is 0.184. The number of hydrogen-bond acceptors (Lipinski definition) is 3. The SMILES string of the molecule is COc1cc(C(=O)Nc2c(C)cc(C)cc2C)cc(OC)c1C. The van der Waals surface area contributed by atoms with Crippen molar-refractivity contribution in [1.29, 1.82) is 0 Å². The van der Waals surface area contributed by atoms with E-state index in [-0.39, 0.29) is 5.91 Å². The van der Waals surface area contributed by atoms with E-state index in [2.05, 4.69) is 17.4 Å². The van der Waals surface area contributed by atoms with Crippen LogP contribution in [0, 0.1) is 27.7 Å². The molecule has 2 aromatic rings. The van der Waals surface area contributed by atoms with Gasteiger partial charge in [-0.2, -0.15) is 0 Å². The number of methoxy groups -OCH3 is 2. The lowest BCUT2D eigenvalue weighted by molar-refractivity contribution is 0.102. The maximum absolute atomic E-state index is 12.6. The normalized spacial score (nSPS) is 10.3. The Morgan fingerprint density at radius 1 is 0.870 bits per heavy atom. The zero-order valence-corrected chi connectivity index (χ0v) is 14.5. The Labute approximate surface area is 137 Å². The second kappa shape index (κ2) is 6.73. The number of carbonyl (C=O) groups excluding carboxylic acids is 1. The maximum Gasteiger partial charge on any atom is 0.255 e. The van der Waals surface area contributed by atoms with Crippen molar-refractivity contribution in [3.8, 4) is 11.5 Å². The largest absolute Gasteiger partial charge is 0.496 e. The van der Waals surface area contributed by atoms with E-state index in [1.807, 2.05) is 27.7 Å². The summed E-state index contributed by atoms with van der Waals surface area (Å²) in [6.07, 6.45) is 0. The Morgan fingerprint density at radius 3 is 1.78 bits per heavy atom. The fourth-order valence-corrected chi connectivity index (χ4v) is 2.78. The van der Waals surface area contributed by atoms with Crippen LogP contribution in [0.25, 0.3) is 0 Å². The van der Waals surface area contributed by atoms with Crippen LogP contribution < -0.4 is 14.8 Å². The quantitative estimate of drug-likeness (QED) is 0.920. The van der Waals surface area contributed by atoms with E-state index in [1.165, 1.54) is 5.56 Å². The minimum atomic E-state index is -0.184. The molecule has 0 saturated carbocycles. The van der Waals surface area contributed by atoms with Gasteiger partial charge in [0, 0.05) is 16.8 Å². The highest BCUT2D eigenvalue weighted by atomic mass is 16.5. The summed E-state index contributed by atoms with van der Waals surface area (Å²) in [7, 11) is 3.16. The standard InChI is InChI=1S/C19H23NO3/c1-11-7-12(2)18(13(3)8-11)20-19(21)15-9-16(22-5)14(4)17(10-15)23-6/h7-10H,1-6H3,(H,20,21). The van der Waals surface area contributed by atoms with Crippen LogP contribution in [0.15, 0.2) is 24.3 Å². The average molecular weight is 313 g/mol. The van der Waals surface area contributed by atoms with Crippen LogP contribution >= 0.6 is 0 Å². The predicted octanol–water partition coefficient (Wildman–Crippen LogP) is 4.19. The van der Waals surface area contributed by atoms with Crippen molar-refractivity contribution in [2.75, 3.05) is 19.5 Å². The van der Waals surface area contributed by atoms with Crippen molar-refractivity contribution in [1.82, 2.24) is 0 Å². The molecule has 0 heterocycles. The number of anilines is 1. The lowest BCUT2D eigenvalue weighted by atomic mass is 10.0. The van der Waals surface area contributed by atoms with Crippen molar-refractivity contribution in [3.63, 3.8) is 0 Å². The first-order valence-corrected chi connectivity index (χ1v) is 7.49. The molecule has 0 aromatic heterocycles. The van der Waals surface area contributed by atoms with E-state index in [0.717, 1.165) is 22.4 Å². The Bertz CT molecular complexity index is 702. The van der Waals surface area contributed by atoms with E-state index in [4.69, 9.17) is 9.47 Å². The number of rotatable bonds is 4. The number of ether oxygens (including phenoxy) is 2. The van der Waals surface area contributed by atoms with Crippen LogP contribution in [0.1, 0.15) is 32.6 Å². The van der Waals surface area contributed by atoms with Crippen LogP contribution in [-0.2, 0) is 0 Å². The molecule has 0 aliphatic rings. The zero-order valence-electron chi connectivity index (χ0n) is 14.5. The number of carbonyl (C=O) groups is 1. The summed E-state index contributed by atoms with van der Waals surface area (Å²) in [6, 6.07) is 7.57. The van der Waals surface area contributed by atoms with Gasteiger partial charge in [-0.25, -0.2) is 0 Å². The lowest BCUT2D eigenvalue weighted by Gasteiger charge is -2.15. The third-order valence-corrected chi connectivity index (χ3v) is 3.93. The van der Waals surface area contributed by atoms with Crippen molar-refractivity contribution < 1.29 is 14.3 Å². The first-order valence-electron chi connectivity index (χ1n) is 7.49. The molecule has 0 aliphatic carbocycles. The van der Waals surface area contributed by atoms with Gasteiger partial charge in [0.1, 0.15) is 11.5 Å². The molecule has 4 nitrogen and oxygen atoms in total. The summed E-state index contributed by atoms with van der Waals surface area (Å²) in [5.41, 5.74) is 5.48. The van der Waals surface area contributed by atoms with Gasteiger partial charge in [-0.15, -0.1) is 0 Å². The molecule has 0 atom stereocenters. The molecule has 4 heteroatoms. The van der Waals surface area contributed by atoms with Crippen molar-refractivity contribution in [2.45, 2.75) is 27.7 Å². The van der Waals surface area contributed by atoms with E-state index in [0.29, 0.717) is 17.1 Å². The first kappa shape index (κ1) is 16.9. The van der Waals surface area contributed by atoms with Crippen LogP contribution in [0.5, 0.6) is 11.5 Å².